The number of para-hydroxylation sites is 1. The van der Waals surface area contributed by atoms with Gasteiger partial charge < -0.3 is 9.84 Å². The Balaban J connectivity index is 2.97. The van der Waals surface area contributed by atoms with E-state index in [0.717, 1.165) is 18.4 Å². The molecule has 0 spiro atoms. The molecule has 106 valence electrons. The van der Waals surface area contributed by atoms with Crippen molar-refractivity contribution in [2.24, 2.45) is 0 Å². The number of hydrogen-bond donors (Lipinski definition) is 1. The maximum atomic E-state index is 11.9. The topological polar surface area (TPSA) is 46.5 Å². The first kappa shape index (κ1) is 15.5. The minimum absolute atomic E-state index is 0.234. The van der Waals surface area contributed by atoms with Crippen molar-refractivity contribution in [3.05, 3.63) is 29.3 Å². The van der Waals surface area contributed by atoms with E-state index in [1.54, 1.807) is 13.0 Å². The molecule has 0 fully saturated rings. The summed E-state index contributed by atoms with van der Waals surface area (Å²) in [5.41, 5.74) is 1.55. The lowest BCUT2D eigenvalue weighted by atomic mass is 9.91. The van der Waals surface area contributed by atoms with E-state index in [4.69, 9.17) is 4.74 Å². The zero-order valence-corrected chi connectivity index (χ0v) is 12.3. The molecular weight excluding hydrogens is 240 g/mol. The summed E-state index contributed by atoms with van der Waals surface area (Å²) in [7, 11) is 0. The maximum absolute atomic E-state index is 11.9. The summed E-state index contributed by atoms with van der Waals surface area (Å²) in [6.45, 7) is 8.30. The smallest absolute Gasteiger partial charge is 0.313 e. The van der Waals surface area contributed by atoms with Gasteiger partial charge in [0, 0.05) is 5.56 Å². The van der Waals surface area contributed by atoms with Gasteiger partial charge in [-0.15, -0.1) is 0 Å². The summed E-state index contributed by atoms with van der Waals surface area (Å²) in [6, 6.07) is 5.59. The van der Waals surface area contributed by atoms with E-state index < -0.39 is 5.92 Å². The van der Waals surface area contributed by atoms with Gasteiger partial charge in [0.2, 0.25) is 0 Å². The van der Waals surface area contributed by atoms with Gasteiger partial charge >= 0.3 is 5.97 Å². The molecule has 0 aliphatic rings. The van der Waals surface area contributed by atoms with Crippen LogP contribution in [0.4, 0.5) is 0 Å². The summed E-state index contributed by atoms with van der Waals surface area (Å²) in [4.78, 5) is 11.9. The van der Waals surface area contributed by atoms with Crippen LogP contribution in [0.15, 0.2) is 18.2 Å². The van der Waals surface area contributed by atoms with Crippen molar-refractivity contribution in [2.45, 2.75) is 52.4 Å². The van der Waals surface area contributed by atoms with Crippen molar-refractivity contribution >= 4 is 5.97 Å². The number of phenolic OH excluding ortho intramolecular Hbond substituents is 1. The Morgan fingerprint density at radius 3 is 2.47 bits per heavy atom. The van der Waals surface area contributed by atoms with Crippen molar-refractivity contribution in [2.75, 3.05) is 6.61 Å². The van der Waals surface area contributed by atoms with Crippen LogP contribution in [0, 0.1) is 0 Å². The van der Waals surface area contributed by atoms with Gasteiger partial charge in [-0.05, 0) is 31.2 Å². The van der Waals surface area contributed by atoms with E-state index in [2.05, 4.69) is 13.8 Å². The molecule has 3 nitrogen and oxygen atoms in total. The van der Waals surface area contributed by atoms with E-state index in [0.29, 0.717) is 12.2 Å². The van der Waals surface area contributed by atoms with Crippen LogP contribution in [0.2, 0.25) is 0 Å². The minimum atomic E-state index is -0.435. The van der Waals surface area contributed by atoms with Gasteiger partial charge in [0.05, 0.1) is 12.5 Å². The van der Waals surface area contributed by atoms with E-state index in [1.807, 2.05) is 19.1 Å². The number of esters is 1. The fourth-order valence-electron chi connectivity index (χ4n) is 2.00. The third-order valence-corrected chi connectivity index (χ3v) is 3.51. The molecule has 0 aliphatic carbocycles. The second-order valence-electron chi connectivity index (χ2n) is 4.98. The number of benzene rings is 1. The predicted molar refractivity (Wildman–Crippen MR) is 76.5 cm³/mol. The lowest BCUT2D eigenvalue weighted by Crippen LogP contribution is -2.14. The standard InChI is InChI=1S/C16H24O3/c1-5-10-19-16(18)12(4)14-9-7-8-13(15(14)17)11(3)6-2/h7-9,11-12,17H,5-6,10H2,1-4H3. The number of rotatable bonds is 6. The zero-order valence-electron chi connectivity index (χ0n) is 12.3. The molecule has 0 radical (unpaired) electrons. The van der Waals surface area contributed by atoms with E-state index in [-0.39, 0.29) is 17.6 Å². The Hall–Kier alpha value is -1.51. The Labute approximate surface area is 115 Å². The fourth-order valence-corrected chi connectivity index (χ4v) is 2.00. The molecule has 2 unspecified atom stereocenters. The summed E-state index contributed by atoms with van der Waals surface area (Å²) in [6.07, 6.45) is 1.75. The van der Waals surface area contributed by atoms with Crippen LogP contribution in [0.3, 0.4) is 0 Å². The Bertz CT molecular complexity index is 426. The third-order valence-electron chi connectivity index (χ3n) is 3.51. The van der Waals surface area contributed by atoms with Crippen LogP contribution in [0.25, 0.3) is 0 Å². The highest BCUT2D eigenvalue weighted by Gasteiger charge is 2.22. The van der Waals surface area contributed by atoms with Crippen LogP contribution < -0.4 is 0 Å². The summed E-state index contributed by atoms with van der Waals surface area (Å²) in [5, 5.41) is 10.3. The molecule has 0 saturated heterocycles. The van der Waals surface area contributed by atoms with Crippen LogP contribution in [-0.2, 0) is 9.53 Å². The molecule has 0 aliphatic heterocycles. The molecule has 0 bridgehead atoms. The van der Waals surface area contributed by atoms with Gasteiger partial charge in [0.15, 0.2) is 0 Å². The molecule has 2 atom stereocenters. The largest absolute Gasteiger partial charge is 0.507 e. The van der Waals surface area contributed by atoms with Gasteiger partial charge in [-0.1, -0.05) is 39.0 Å². The summed E-state index contributed by atoms with van der Waals surface area (Å²) >= 11 is 0. The molecule has 1 aromatic rings. The molecule has 1 aromatic carbocycles. The number of hydrogen-bond acceptors (Lipinski definition) is 3. The highest BCUT2D eigenvalue weighted by atomic mass is 16.5. The van der Waals surface area contributed by atoms with Crippen LogP contribution >= 0.6 is 0 Å². The van der Waals surface area contributed by atoms with E-state index >= 15 is 0 Å². The molecule has 1 N–H and O–H groups in total. The SMILES string of the molecule is CCCOC(=O)C(C)c1cccc(C(C)CC)c1O. The quantitative estimate of drug-likeness (QED) is 0.791. The van der Waals surface area contributed by atoms with Crippen molar-refractivity contribution in [1.82, 2.24) is 0 Å². The second-order valence-corrected chi connectivity index (χ2v) is 4.98. The van der Waals surface area contributed by atoms with Crippen molar-refractivity contribution < 1.29 is 14.6 Å². The first-order valence-electron chi connectivity index (χ1n) is 7.01. The molecule has 0 amide bonds. The molecule has 19 heavy (non-hydrogen) atoms. The monoisotopic (exact) mass is 264 g/mol. The maximum Gasteiger partial charge on any atom is 0.313 e. The highest BCUT2D eigenvalue weighted by molar-refractivity contribution is 5.79. The summed E-state index contributed by atoms with van der Waals surface area (Å²) < 4.78 is 5.14. The zero-order chi connectivity index (χ0) is 14.4. The predicted octanol–water partition coefficient (Wildman–Crippen LogP) is 3.96. The third kappa shape index (κ3) is 3.72. The Morgan fingerprint density at radius 2 is 1.89 bits per heavy atom. The van der Waals surface area contributed by atoms with Gasteiger partial charge in [0.25, 0.3) is 0 Å². The van der Waals surface area contributed by atoms with Crippen molar-refractivity contribution in [3.8, 4) is 5.75 Å². The first-order chi connectivity index (χ1) is 9.02. The summed E-state index contributed by atoms with van der Waals surface area (Å²) in [5.74, 6) is -0.203. The van der Waals surface area contributed by atoms with Crippen LogP contribution in [0.5, 0.6) is 5.75 Å². The van der Waals surface area contributed by atoms with Crippen LogP contribution in [-0.4, -0.2) is 17.7 Å². The van der Waals surface area contributed by atoms with Gasteiger partial charge in [-0.3, -0.25) is 4.79 Å². The van der Waals surface area contributed by atoms with Crippen molar-refractivity contribution in [1.29, 1.82) is 0 Å². The fraction of sp³-hybridized carbons (Fsp3) is 0.562. The molecule has 1 rings (SSSR count). The molecule has 3 heteroatoms. The first-order valence-corrected chi connectivity index (χ1v) is 7.01. The van der Waals surface area contributed by atoms with Gasteiger partial charge in [-0.2, -0.15) is 0 Å². The number of phenols is 1. The average Bonchev–Trinajstić information content (AvgIpc) is 2.43. The van der Waals surface area contributed by atoms with Gasteiger partial charge in [0.1, 0.15) is 5.75 Å². The van der Waals surface area contributed by atoms with E-state index in [9.17, 15) is 9.90 Å². The highest BCUT2D eigenvalue weighted by Crippen LogP contribution is 2.35. The van der Waals surface area contributed by atoms with Gasteiger partial charge in [-0.25, -0.2) is 0 Å². The number of carbonyl (C=O) groups excluding carboxylic acids is 1. The number of carbonyl (C=O) groups is 1. The normalized spacial score (nSPS) is 13.9. The molecule has 0 heterocycles. The van der Waals surface area contributed by atoms with E-state index in [1.165, 1.54) is 0 Å². The number of aromatic hydroxyl groups is 1. The molecular formula is C16H24O3. The van der Waals surface area contributed by atoms with Crippen LogP contribution in [0.1, 0.15) is 63.5 Å². The number of ether oxygens (including phenoxy) is 1. The second kappa shape index (κ2) is 7.17. The lowest BCUT2D eigenvalue weighted by Gasteiger charge is -2.17. The lowest BCUT2D eigenvalue weighted by molar-refractivity contribution is -0.145. The molecule has 0 saturated carbocycles. The average molecular weight is 264 g/mol. The molecule has 0 aromatic heterocycles. The van der Waals surface area contributed by atoms with Crippen molar-refractivity contribution in [3.63, 3.8) is 0 Å². The minimum Gasteiger partial charge on any atom is -0.507 e. The Morgan fingerprint density at radius 1 is 1.26 bits per heavy atom. The Kier molecular flexibility index (Phi) is 5.87.